The summed E-state index contributed by atoms with van der Waals surface area (Å²) in [6, 6.07) is 9.49. The van der Waals surface area contributed by atoms with Gasteiger partial charge in [0.2, 0.25) is 5.91 Å². The second-order valence-electron chi connectivity index (χ2n) is 7.02. The van der Waals surface area contributed by atoms with Crippen molar-refractivity contribution < 1.29 is 9.59 Å². The van der Waals surface area contributed by atoms with Crippen LogP contribution in [0.2, 0.25) is 0 Å². The van der Waals surface area contributed by atoms with Crippen LogP contribution in [0.5, 0.6) is 0 Å². The smallest absolute Gasteiger partial charge is 0.250 e. The van der Waals surface area contributed by atoms with Crippen molar-refractivity contribution in [3.8, 4) is 6.07 Å². The van der Waals surface area contributed by atoms with Crippen LogP contribution in [0, 0.1) is 11.3 Å². The Morgan fingerprint density at radius 1 is 1.08 bits per heavy atom. The van der Waals surface area contributed by atoms with Gasteiger partial charge in [0.25, 0.3) is 5.91 Å². The first kappa shape index (κ1) is 15.9. The zero-order valence-electron chi connectivity index (χ0n) is 14.1. The number of carbonyl (C=O) groups excluding carboxylic acids is 2. The predicted molar refractivity (Wildman–Crippen MR) is 93.2 cm³/mol. The summed E-state index contributed by atoms with van der Waals surface area (Å²) in [6.07, 6.45) is 5.73. The fourth-order valence-corrected chi connectivity index (χ4v) is 4.22. The molecule has 5 nitrogen and oxygen atoms in total. The number of rotatable bonds is 2. The minimum atomic E-state index is -0.411. The Morgan fingerprint density at radius 2 is 1.84 bits per heavy atom. The summed E-state index contributed by atoms with van der Waals surface area (Å²) in [5.74, 6) is -0.0780. The van der Waals surface area contributed by atoms with Gasteiger partial charge in [-0.3, -0.25) is 9.59 Å². The van der Waals surface area contributed by atoms with Crippen molar-refractivity contribution in [1.29, 1.82) is 5.26 Å². The Labute approximate surface area is 147 Å². The fourth-order valence-electron chi connectivity index (χ4n) is 4.22. The van der Waals surface area contributed by atoms with Gasteiger partial charge in [-0.1, -0.05) is 24.3 Å². The lowest BCUT2D eigenvalue weighted by Gasteiger charge is -2.29. The number of amides is 2. The Balaban J connectivity index is 1.51. The topological polar surface area (TPSA) is 64.4 Å². The summed E-state index contributed by atoms with van der Waals surface area (Å²) in [5.41, 5.74) is 3.02. The van der Waals surface area contributed by atoms with Crippen LogP contribution in [0.25, 0.3) is 6.08 Å². The third-order valence-corrected chi connectivity index (χ3v) is 5.52. The van der Waals surface area contributed by atoms with E-state index >= 15 is 0 Å². The fraction of sp³-hybridized carbons (Fsp3) is 0.450. The molecule has 1 aromatic carbocycles. The highest BCUT2D eigenvalue weighted by molar-refractivity contribution is 6.02. The Bertz CT molecular complexity index is 792. The van der Waals surface area contributed by atoms with Crippen LogP contribution in [0.3, 0.4) is 0 Å². The molecule has 1 aromatic rings. The summed E-state index contributed by atoms with van der Waals surface area (Å²) in [7, 11) is 0. The molecule has 2 aliphatic heterocycles. The number of benzene rings is 1. The quantitative estimate of drug-likeness (QED) is 0.832. The second kappa shape index (κ2) is 6.36. The Kier molecular flexibility index (Phi) is 4.04. The zero-order chi connectivity index (χ0) is 17.4. The Hall–Kier alpha value is -2.61. The molecule has 128 valence electrons. The van der Waals surface area contributed by atoms with Crippen LogP contribution in [0.1, 0.15) is 36.8 Å². The van der Waals surface area contributed by atoms with Crippen LogP contribution in [0.15, 0.2) is 29.8 Å². The molecule has 1 aliphatic carbocycles. The predicted octanol–water partition coefficient (Wildman–Crippen LogP) is 2.13. The number of nitriles is 1. The van der Waals surface area contributed by atoms with Gasteiger partial charge in [-0.15, -0.1) is 0 Å². The number of hydrogen-bond donors (Lipinski definition) is 0. The first-order valence-corrected chi connectivity index (χ1v) is 8.98. The molecule has 3 aliphatic rings. The molecule has 0 bridgehead atoms. The third-order valence-electron chi connectivity index (χ3n) is 5.52. The molecule has 0 radical (unpaired) electrons. The van der Waals surface area contributed by atoms with Crippen molar-refractivity contribution in [3.05, 3.63) is 41.0 Å². The lowest BCUT2D eigenvalue weighted by Crippen LogP contribution is -2.49. The maximum Gasteiger partial charge on any atom is 0.250 e. The van der Waals surface area contributed by atoms with Gasteiger partial charge in [-0.05, 0) is 42.9 Å². The Morgan fingerprint density at radius 3 is 2.64 bits per heavy atom. The summed E-state index contributed by atoms with van der Waals surface area (Å²) in [6.45, 7) is 1.25. The van der Waals surface area contributed by atoms with Gasteiger partial charge < -0.3 is 9.80 Å². The van der Waals surface area contributed by atoms with E-state index in [1.807, 2.05) is 30.3 Å². The summed E-state index contributed by atoms with van der Waals surface area (Å²) >= 11 is 0. The van der Waals surface area contributed by atoms with E-state index in [1.54, 1.807) is 9.80 Å². The van der Waals surface area contributed by atoms with Crippen molar-refractivity contribution in [2.75, 3.05) is 13.1 Å². The van der Waals surface area contributed by atoms with Gasteiger partial charge in [0.05, 0.1) is 6.07 Å². The molecule has 2 fully saturated rings. The van der Waals surface area contributed by atoms with E-state index in [4.69, 9.17) is 0 Å². The molecule has 4 rings (SSSR count). The van der Waals surface area contributed by atoms with Gasteiger partial charge in [0.15, 0.2) is 0 Å². The molecular formula is C20H21N3O2. The molecule has 25 heavy (non-hydrogen) atoms. The van der Waals surface area contributed by atoms with Crippen LogP contribution >= 0.6 is 0 Å². The molecule has 0 aromatic heterocycles. The molecule has 2 saturated heterocycles. The molecule has 2 heterocycles. The molecule has 0 spiro atoms. The van der Waals surface area contributed by atoms with Crippen LogP contribution in [0.4, 0.5) is 0 Å². The minimum absolute atomic E-state index is 0.0280. The summed E-state index contributed by atoms with van der Waals surface area (Å²) in [4.78, 5) is 29.3. The van der Waals surface area contributed by atoms with Gasteiger partial charge in [-0.2, -0.15) is 5.26 Å². The molecule has 5 heteroatoms. The maximum atomic E-state index is 13.0. The van der Waals surface area contributed by atoms with Gasteiger partial charge >= 0.3 is 0 Å². The first-order valence-electron chi connectivity index (χ1n) is 8.98. The third kappa shape index (κ3) is 2.72. The van der Waals surface area contributed by atoms with Crippen molar-refractivity contribution >= 4 is 17.9 Å². The highest BCUT2D eigenvalue weighted by Crippen LogP contribution is 2.30. The van der Waals surface area contributed by atoms with Crippen LogP contribution in [-0.4, -0.2) is 46.8 Å². The standard InChI is InChI=1S/C20H21N3O2/c21-13-17-7-3-9-22(17)20(25)18-8-4-10-23(18)19(24)16-11-14-5-1-2-6-15(14)12-16/h1-2,5-6,11,17-18H,3-4,7-10,12H2/t17-,18+/m0/s1. The SMILES string of the molecule is N#C[C@@H]1CCCN1C(=O)[C@H]1CCCN1C(=O)C1=Cc2ccccc2C1. The average Bonchev–Trinajstić information content (AvgIpc) is 3.38. The normalized spacial score (nSPS) is 24.8. The van der Waals surface area contributed by atoms with Crippen molar-refractivity contribution in [3.63, 3.8) is 0 Å². The van der Waals surface area contributed by atoms with E-state index in [-0.39, 0.29) is 17.9 Å². The number of carbonyl (C=O) groups is 2. The zero-order valence-corrected chi connectivity index (χ0v) is 14.1. The largest absolute Gasteiger partial charge is 0.327 e. The van der Waals surface area contributed by atoms with Crippen LogP contribution in [-0.2, 0) is 16.0 Å². The number of likely N-dealkylation sites (tertiary alicyclic amines) is 2. The van der Waals surface area contributed by atoms with E-state index in [0.717, 1.165) is 36.0 Å². The minimum Gasteiger partial charge on any atom is -0.327 e. The van der Waals surface area contributed by atoms with E-state index in [1.165, 1.54) is 0 Å². The number of fused-ring (bicyclic) bond motifs is 1. The molecule has 2 atom stereocenters. The highest BCUT2D eigenvalue weighted by Gasteiger charge is 2.41. The van der Waals surface area contributed by atoms with Crippen molar-refractivity contribution in [2.24, 2.45) is 0 Å². The summed E-state index contributed by atoms with van der Waals surface area (Å²) < 4.78 is 0. The molecule has 0 N–H and O–H groups in total. The number of nitrogens with zero attached hydrogens (tertiary/aromatic N) is 3. The van der Waals surface area contributed by atoms with Gasteiger partial charge in [0, 0.05) is 25.1 Å². The van der Waals surface area contributed by atoms with Crippen molar-refractivity contribution in [2.45, 2.75) is 44.2 Å². The lowest BCUT2D eigenvalue weighted by molar-refractivity contribution is -0.142. The van der Waals surface area contributed by atoms with E-state index in [0.29, 0.717) is 25.9 Å². The van der Waals surface area contributed by atoms with Crippen LogP contribution < -0.4 is 0 Å². The lowest BCUT2D eigenvalue weighted by atomic mass is 10.1. The first-order chi connectivity index (χ1) is 12.2. The molecule has 0 unspecified atom stereocenters. The van der Waals surface area contributed by atoms with Gasteiger partial charge in [-0.25, -0.2) is 0 Å². The monoisotopic (exact) mass is 335 g/mol. The van der Waals surface area contributed by atoms with Gasteiger partial charge in [0.1, 0.15) is 12.1 Å². The highest BCUT2D eigenvalue weighted by atomic mass is 16.2. The summed E-state index contributed by atoms with van der Waals surface area (Å²) in [5, 5.41) is 9.24. The molecular weight excluding hydrogens is 314 g/mol. The van der Waals surface area contributed by atoms with E-state index < -0.39 is 6.04 Å². The van der Waals surface area contributed by atoms with E-state index in [2.05, 4.69) is 6.07 Å². The number of hydrogen-bond acceptors (Lipinski definition) is 3. The second-order valence-corrected chi connectivity index (χ2v) is 7.02. The maximum absolute atomic E-state index is 13.0. The van der Waals surface area contributed by atoms with E-state index in [9.17, 15) is 14.9 Å². The van der Waals surface area contributed by atoms with Crippen molar-refractivity contribution in [1.82, 2.24) is 9.80 Å². The average molecular weight is 335 g/mol. The molecule has 2 amide bonds. The molecule has 0 saturated carbocycles.